The Hall–Kier alpha value is -1.83. The summed E-state index contributed by atoms with van der Waals surface area (Å²) in [4.78, 5) is 10.7. The summed E-state index contributed by atoms with van der Waals surface area (Å²) in [5.41, 5.74) is 7.22. The van der Waals surface area contributed by atoms with Crippen LogP contribution >= 0.6 is 0 Å². The van der Waals surface area contributed by atoms with Gasteiger partial charge in [-0.15, -0.1) is 0 Å². The van der Waals surface area contributed by atoms with Crippen molar-refractivity contribution in [2.75, 3.05) is 0 Å². The molecule has 2 rings (SSSR count). The van der Waals surface area contributed by atoms with E-state index in [1.165, 1.54) is 18.4 Å². The lowest BCUT2D eigenvalue weighted by Crippen LogP contribution is -2.12. The van der Waals surface area contributed by atoms with Gasteiger partial charge in [0.05, 0.1) is 0 Å². The monoisotopic (exact) mass is 271 g/mol. The Morgan fingerprint density at radius 3 is 2.55 bits per heavy atom. The van der Waals surface area contributed by atoms with Gasteiger partial charge in [-0.25, -0.2) is 0 Å². The fourth-order valence-corrected chi connectivity index (χ4v) is 2.04. The van der Waals surface area contributed by atoms with Crippen molar-refractivity contribution >= 4 is 5.91 Å². The lowest BCUT2D eigenvalue weighted by atomic mass is 10.1. The number of hydrogen-bond donors (Lipinski definition) is 1. The average molecular weight is 271 g/mol. The van der Waals surface area contributed by atoms with Crippen LogP contribution in [0.5, 0.6) is 0 Å². The van der Waals surface area contributed by atoms with Crippen LogP contribution in [0.2, 0.25) is 0 Å². The van der Waals surface area contributed by atoms with Gasteiger partial charge in [0.1, 0.15) is 0 Å². The second-order valence-electron chi connectivity index (χ2n) is 5.24. The van der Waals surface area contributed by atoms with Crippen LogP contribution in [0.25, 0.3) is 0 Å². The van der Waals surface area contributed by atoms with Crippen molar-refractivity contribution in [3.05, 3.63) is 59.7 Å². The highest BCUT2D eigenvalue weighted by Gasteiger charge is 2.06. The first kappa shape index (κ1) is 16.2. The second-order valence-corrected chi connectivity index (χ2v) is 5.24. The molecule has 1 aliphatic carbocycles. The molecule has 1 aromatic carbocycles. The van der Waals surface area contributed by atoms with Gasteiger partial charge in [0, 0.05) is 5.57 Å². The molecule has 2 N–H and O–H groups in total. The zero-order valence-corrected chi connectivity index (χ0v) is 12.5. The number of hydrogen-bond acceptors (Lipinski definition) is 1. The fourth-order valence-electron chi connectivity index (χ4n) is 2.04. The van der Waals surface area contributed by atoms with Crippen LogP contribution in [0.4, 0.5) is 0 Å². The Balaban J connectivity index is 0.000000204. The molecule has 0 saturated carbocycles. The normalized spacial score (nSPS) is 17.5. The minimum atomic E-state index is -0.324. The van der Waals surface area contributed by atoms with E-state index in [1.54, 1.807) is 0 Å². The minimum absolute atomic E-state index is 0.324. The number of carbonyl (C=O) groups excluding carboxylic acids is 1. The molecule has 0 aromatic heterocycles. The molecule has 1 amide bonds. The Labute approximate surface area is 122 Å². The highest BCUT2D eigenvalue weighted by molar-refractivity contribution is 5.94. The maximum Gasteiger partial charge on any atom is 0.248 e. The number of rotatable bonds is 3. The van der Waals surface area contributed by atoms with Crippen LogP contribution < -0.4 is 5.73 Å². The topological polar surface area (TPSA) is 43.1 Å². The fraction of sp³-hybridized carbons (Fsp3) is 0.389. The molecule has 1 aromatic rings. The van der Waals surface area contributed by atoms with Gasteiger partial charge >= 0.3 is 0 Å². The third kappa shape index (κ3) is 6.37. The number of amides is 1. The number of nitrogens with two attached hydrogens (primary N) is 1. The van der Waals surface area contributed by atoms with Gasteiger partial charge in [0.2, 0.25) is 5.91 Å². The Bertz CT molecular complexity index is 460. The average Bonchev–Trinajstić information content (AvgIpc) is 2.66. The molecule has 0 radical (unpaired) electrons. The van der Waals surface area contributed by atoms with Gasteiger partial charge in [0.25, 0.3) is 0 Å². The minimum Gasteiger partial charge on any atom is -0.366 e. The zero-order chi connectivity index (χ0) is 14.8. The number of carbonyl (C=O) groups is 1. The lowest BCUT2D eigenvalue weighted by molar-refractivity contribution is -0.114. The third-order valence-corrected chi connectivity index (χ3v) is 3.24. The van der Waals surface area contributed by atoms with E-state index in [4.69, 9.17) is 5.73 Å². The number of primary amides is 1. The van der Waals surface area contributed by atoms with Crippen molar-refractivity contribution in [3.63, 3.8) is 0 Å². The maximum atomic E-state index is 10.7. The van der Waals surface area contributed by atoms with E-state index in [2.05, 4.69) is 44.2 Å². The number of aryl methyl sites for hydroxylation is 1. The molecule has 0 aliphatic heterocycles. The molecular formula is C18H25NO. The molecule has 2 heteroatoms. The molecule has 0 fully saturated rings. The molecule has 2 nitrogen and oxygen atoms in total. The van der Waals surface area contributed by atoms with Gasteiger partial charge in [0.15, 0.2) is 0 Å². The summed E-state index contributed by atoms with van der Waals surface area (Å²) in [6.45, 7) is 4.36. The van der Waals surface area contributed by atoms with Gasteiger partial charge in [-0.05, 0) is 30.7 Å². The first-order valence-corrected chi connectivity index (χ1v) is 7.34. The summed E-state index contributed by atoms with van der Waals surface area (Å²) < 4.78 is 0. The smallest absolute Gasteiger partial charge is 0.248 e. The summed E-state index contributed by atoms with van der Waals surface area (Å²) in [5.74, 6) is 0.304. The zero-order valence-electron chi connectivity index (χ0n) is 12.5. The van der Waals surface area contributed by atoms with Crippen LogP contribution in [0, 0.1) is 5.92 Å². The summed E-state index contributed by atoms with van der Waals surface area (Å²) in [7, 11) is 0. The van der Waals surface area contributed by atoms with E-state index in [0.29, 0.717) is 11.5 Å². The molecule has 108 valence electrons. The van der Waals surface area contributed by atoms with Gasteiger partial charge < -0.3 is 5.73 Å². The number of allylic oxidation sites excluding steroid dienone is 2. The predicted molar refractivity (Wildman–Crippen MR) is 85.3 cm³/mol. The first-order valence-electron chi connectivity index (χ1n) is 7.34. The molecule has 20 heavy (non-hydrogen) atoms. The SMILES string of the molecule is CC1CC=CC(C(N)=O)=CC1.CCCc1ccccc1. The Morgan fingerprint density at radius 2 is 1.95 bits per heavy atom. The van der Waals surface area contributed by atoms with Gasteiger partial charge in [-0.2, -0.15) is 0 Å². The molecular weight excluding hydrogens is 246 g/mol. The standard InChI is InChI=1S/C9H13NO.C9H12/c1-7-3-2-4-8(6-5-7)9(10)11;1-2-6-9-7-4-3-5-8-9/h2,4,6-7H,3,5H2,1H3,(H2,10,11);3-5,7-8H,2,6H2,1H3. The van der Waals surface area contributed by atoms with Crippen molar-refractivity contribution in [1.29, 1.82) is 0 Å². The molecule has 1 atom stereocenters. The van der Waals surface area contributed by atoms with E-state index in [1.807, 2.05) is 18.2 Å². The molecule has 1 unspecified atom stereocenters. The predicted octanol–water partition coefficient (Wildman–Crippen LogP) is 4.02. The lowest BCUT2D eigenvalue weighted by Gasteiger charge is -2.00. The van der Waals surface area contributed by atoms with Crippen molar-refractivity contribution in [3.8, 4) is 0 Å². The highest BCUT2D eigenvalue weighted by atomic mass is 16.1. The van der Waals surface area contributed by atoms with Crippen LogP contribution in [-0.2, 0) is 11.2 Å². The summed E-state index contributed by atoms with van der Waals surface area (Å²) >= 11 is 0. The maximum absolute atomic E-state index is 10.7. The van der Waals surface area contributed by atoms with E-state index < -0.39 is 0 Å². The van der Waals surface area contributed by atoms with E-state index >= 15 is 0 Å². The van der Waals surface area contributed by atoms with Crippen LogP contribution in [-0.4, -0.2) is 5.91 Å². The van der Waals surface area contributed by atoms with Crippen LogP contribution in [0.3, 0.4) is 0 Å². The van der Waals surface area contributed by atoms with Crippen molar-refractivity contribution in [1.82, 2.24) is 0 Å². The Morgan fingerprint density at radius 1 is 1.25 bits per heavy atom. The quantitative estimate of drug-likeness (QED) is 0.886. The Kier molecular flexibility index (Phi) is 7.41. The van der Waals surface area contributed by atoms with E-state index in [9.17, 15) is 4.79 Å². The van der Waals surface area contributed by atoms with Gasteiger partial charge in [-0.1, -0.05) is 68.8 Å². The molecule has 0 heterocycles. The third-order valence-electron chi connectivity index (χ3n) is 3.24. The van der Waals surface area contributed by atoms with Crippen molar-refractivity contribution in [2.45, 2.75) is 39.5 Å². The van der Waals surface area contributed by atoms with E-state index in [-0.39, 0.29) is 5.91 Å². The molecule has 0 saturated heterocycles. The molecule has 0 bridgehead atoms. The van der Waals surface area contributed by atoms with Gasteiger partial charge in [-0.3, -0.25) is 4.79 Å². The second kappa shape index (κ2) is 9.13. The number of benzene rings is 1. The molecule has 1 aliphatic rings. The highest BCUT2D eigenvalue weighted by Crippen LogP contribution is 2.15. The first-order chi connectivity index (χ1) is 9.63. The van der Waals surface area contributed by atoms with E-state index in [0.717, 1.165) is 12.8 Å². The summed E-state index contributed by atoms with van der Waals surface area (Å²) in [6, 6.07) is 10.6. The van der Waals surface area contributed by atoms with Crippen LogP contribution in [0.1, 0.15) is 38.7 Å². The summed E-state index contributed by atoms with van der Waals surface area (Å²) in [6.07, 6.45) is 10.2. The van der Waals surface area contributed by atoms with Crippen molar-refractivity contribution in [2.24, 2.45) is 11.7 Å². The largest absolute Gasteiger partial charge is 0.366 e. The van der Waals surface area contributed by atoms with Crippen molar-refractivity contribution < 1.29 is 4.79 Å². The summed E-state index contributed by atoms with van der Waals surface area (Å²) in [5, 5.41) is 0. The molecule has 0 spiro atoms. The van der Waals surface area contributed by atoms with Crippen LogP contribution in [0.15, 0.2) is 54.1 Å².